The highest BCUT2D eigenvalue weighted by molar-refractivity contribution is 8.26. The van der Waals surface area contributed by atoms with E-state index in [1.54, 1.807) is 53.4 Å². The molecular formula is C26H18Cl2N2O5S2. The molecule has 1 N–H and O–H groups in total. The lowest BCUT2D eigenvalue weighted by molar-refractivity contribution is -0.122. The van der Waals surface area contributed by atoms with Crippen LogP contribution in [0.15, 0.2) is 65.6 Å². The molecule has 1 saturated heterocycles. The molecule has 7 nitrogen and oxygen atoms in total. The number of nitrogens with zero attached hydrogens (tertiary/aromatic N) is 1. The lowest BCUT2D eigenvalue weighted by Gasteiger charge is -2.14. The molecule has 1 fully saturated rings. The van der Waals surface area contributed by atoms with Crippen LogP contribution in [0.3, 0.4) is 0 Å². The summed E-state index contributed by atoms with van der Waals surface area (Å²) >= 11 is 18.6. The van der Waals surface area contributed by atoms with Crippen molar-refractivity contribution in [2.24, 2.45) is 0 Å². The van der Waals surface area contributed by atoms with Crippen LogP contribution >= 0.6 is 47.2 Å². The molecule has 3 aromatic carbocycles. The number of hydrogen-bond donors (Lipinski definition) is 1. The number of carbonyl (C=O) groups is 2. The van der Waals surface area contributed by atoms with E-state index in [2.05, 4.69) is 5.32 Å². The summed E-state index contributed by atoms with van der Waals surface area (Å²) in [7, 11) is 0. The molecular weight excluding hydrogens is 555 g/mol. The summed E-state index contributed by atoms with van der Waals surface area (Å²) in [6.45, 7) is 0.342. The van der Waals surface area contributed by atoms with Gasteiger partial charge in [-0.15, -0.1) is 0 Å². The summed E-state index contributed by atoms with van der Waals surface area (Å²) in [6, 6.07) is 17.4. The van der Waals surface area contributed by atoms with Crippen LogP contribution in [-0.2, 0) is 16.1 Å². The largest absolute Gasteiger partial charge is 0.484 e. The lowest BCUT2D eigenvalue weighted by Crippen LogP contribution is -2.27. The molecule has 2 amide bonds. The molecule has 37 heavy (non-hydrogen) atoms. The second kappa shape index (κ2) is 11.0. The van der Waals surface area contributed by atoms with Crippen molar-refractivity contribution in [1.82, 2.24) is 4.90 Å². The molecule has 3 aromatic rings. The molecule has 0 aliphatic carbocycles. The minimum absolute atomic E-state index is 0.161. The number of carbonyl (C=O) groups excluding carboxylic acids is 2. The number of fused-ring (bicyclic) bond motifs is 1. The van der Waals surface area contributed by atoms with E-state index in [4.69, 9.17) is 49.6 Å². The predicted octanol–water partition coefficient (Wildman–Crippen LogP) is 6.14. The normalized spacial score (nSPS) is 15.4. The molecule has 0 spiro atoms. The van der Waals surface area contributed by atoms with E-state index < -0.39 is 0 Å². The molecule has 0 unspecified atom stereocenters. The van der Waals surface area contributed by atoms with E-state index in [-0.39, 0.29) is 25.2 Å². The summed E-state index contributed by atoms with van der Waals surface area (Å²) in [6.07, 6.45) is 1.78. The number of nitrogens with one attached hydrogen (secondary N) is 1. The Kier molecular flexibility index (Phi) is 7.57. The maximum absolute atomic E-state index is 13.0. The van der Waals surface area contributed by atoms with Crippen LogP contribution in [0.4, 0.5) is 5.69 Å². The quantitative estimate of drug-likeness (QED) is 0.269. The van der Waals surface area contributed by atoms with Gasteiger partial charge in [0.05, 0.1) is 11.4 Å². The first-order valence-electron chi connectivity index (χ1n) is 11.0. The predicted molar refractivity (Wildman–Crippen MR) is 148 cm³/mol. The molecule has 2 heterocycles. The zero-order valence-corrected chi connectivity index (χ0v) is 22.2. The Morgan fingerprint density at radius 1 is 1.05 bits per heavy atom. The number of thioether (sulfide) groups is 1. The van der Waals surface area contributed by atoms with Crippen LogP contribution in [0.5, 0.6) is 17.2 Å². The van der Waals surface area contributed by atoms with Gasteiger partial charge in [0.1, 0.15) is 10.1 Å². The number of halogens is 2. The first-order valence-corrected chi connectivity index (χ1v) is 12.9. The van der Waals surface area contributed by atoms with Gasteiger partial charge in [-0.2, -0.15) is 0 Å². The van der Waals surface area contributed by atoms with Crippen LogP contribution in [0.1, 0.15) is 11.1 Å². The molecule has 5 rings (SSSR count). The van der Waals surface area contributed by atoms with Gasteiger partial charge in [-0.25, -0.2) is 0 Å². The van der Waals surface area contributed by atoms with Crippen molar-refractivity contribution >= 4 is 75.1 Å². The molecule has 2 aliphatic rings. The zero-order valence-electron chi connectivity index (χ0n) is 19.0. The second-order valence-electron chi connectivity index (χ2n) is 8.02. The first kappa shape index (κ1) is 25.4. The van der Waals surface area contributed by atoms with Gasteiger partial charge < -0.3 is 19.5 Å². The van der Waals surface area contributed by atoms with Crippen molar-refractivity contribution in [3.8, 4) is 17.2 Å². The van der Waals surface area contributed by atoms with Crippen molar-refractivity contribution in [1.29, 1.82) is 0 Å². The lowest BCUT2D eigenvalue weighted by atomic mass is 10.2. The van der Waals surface area contributed by atoms with Crippen LogP contribution < -0.4 is 19.5 Å². The fourth-order valence-electron chi connectivity index (χ4n) is 3.64. The Hall–Kier alpha value is -3.24. The Bertz CT molecular complexity index is 1410. The Balaban J connectivity index is 1.17. The zero-order chi connectivity index (χ0) is 25.9. The highest BCUT2D eigenvalue weighted by Crippen LogP contribution is 2.36. The SMILES string of the molecule is O=C(COc1ccc(/C=C2\SC(=S)N(Cc3ccc4c(c3)OCO4)C2=O)cc1)Nc1cc(Cl)cc(Cl)c1. The van der Waals surface area contributed by atoms with Crippen LogP contribution in [-0.4, -0.2) is 34.4 Å². The summed E-state index contributed by atoms with van der Waals surface area (Å²) < 4.78 is 16.8. The van der Waals surface area contributed by atoms with Gasteiger partial charge in [0.25, 0.3) is 11.8 Å². The van der Waals surface area contributed by atoms with Crippen LogP contribution in [0, 0.1) is 0 Å². The molecule has 0 saturated carbocycles. The van der Waals surface area contributed by atoms with E-state index in [9.17, 15) is 9.59 Å². The number of thiocarbonyl (C=S) groups is 1. The third-order valence-corrected chi connectivity index (χ3v) is 7.16. The Morgan fingerprint density at radius 2 is 1.78 bits per heavy atom. The average molecular weight is 573 g/mol. The van der Waals surface area contributed by atoms with Crippen molar-refractivity contribution < 1.29 is 23.8 Å². The number of ether oxygens (including phenoxy) is 3. The van der Waals surface area contributed by atoms with Crippen LogP contribution in [0.25, 0.3) is 6.08 Å². The molecule has 0 aromatic heterocycles. The number of hydrogen-bond acceptors (Lipinski definition) is 7. The van der Waals surface area contributed by atoms with Gasteiger partial charge in [-0.1, -0.05) is 65.4 Å². The highest BCUT2D eigenvalue weighted by Gasteiger charge is 2.32. The van der Waals surface area contributed by atoms with Gasteiger partial charge in [-0.05, 0) is 59.7 Å². The summed E-state index contributed by atoms with van der Waals surface area (Å²) in [4.78, 5) is 27.3. The molecule has 188 valence electrons. The van der Waals surface area contributed by atoms with E-state index in [1.807, 2.05) is 18.2 Å². The number of anilines is 1. The van der Waals surface area contributed by atoms with E-state index in [0.717, 1.165) is 11.1 Å². The van der Waals surface area contributed by atoms with Gasteiger partial charge in [-0.3, -0.25) is 14.5 Å². The van der Waals surface area contributed by atoms with Gasteiger partial charge in [0, 0.05) is 15.7 Å². The number of benzene rings is 3. The van der Waals surface area contributed by atoms with E-state index in [1.165, 1.54) is 11.8 Å². The summed E-state index contributed by atoms with van der Waals surface area (Å²) in [5, 5.41) is 3.52. The number of rotatable bonds is 7. The summed E-state index contributed by atoms with van der Waals surface area (Å²) in [5.41, 5.74) is 2.18. The third-order valence-electron chi connectivity index (χ3n) is 5.35. The van der Waals surface area contributed by atoms with Gasteiger partial charge >= 0.3 is 0 Å². The molecule has 11 heteroatoms. The maximum atomic E-state index is 13.0. The van der Waals surface area contributed by atoms with E-state index >= 15 is 0 Å². The van der Waals surface area contributed by atoms with Gasteiger partial charge in [0.2, 0.25) is 6.79 Å². The topological polar surface area (TPSA) is 77.1 Å². The highest BCUT2D eigenvalue weighted by atomic mass is 35.5. The maximum Gasteiger partial charge on any atom is 0.266 e. The molecule has 0 bridgehead atoms. The van der Waals surface area contributed by atoms with Crippen molar-refractivity contribution in [2.45, 2.75) is 6.54 Å². The van der Waals surface area contributed by atoms with E-state index in [0.29, 0.717) is 48.8 Å². The number of amides is 2. The standard InChI is InChI=1S/C26H18Cl2N2O5S2/c27-17-9-18(28)11-19(10-17)29-24(31)13-33-20-4-1-15(2-5-20)8-23-25(32)30(26(36)37-23)12-16-3-6-21-22(7-16)35-14-34-21/h1-11H,12-14H2,(H,29,31)/b23-8-. The fourth-order valence-corrected chi connectivity index (χ4v) is 5.42. The van der Waals surface area contributed by atoms with Crippen molar-refractivity contribution in [3.63, 3.8) is 0 Å². The smallest absolute Gasteiger partial charge is 0.266 e. The second-order valence-corrected chi connectivity index (χ2v) is 10.6. The summed E-state index contributed by atoms with van der Waals surface area (Å²) in [5.74, 6) is 1.34. The minimum atomic E-state index is -0.353. The minimum Gasteiger partial charge on any atom is -0.484 e. The molecule has 0 atom stereocenters. The monoisotopic (exact) mass is 572 g/mol. The fraction of sp³-hybridized carbons (Fsp3) is 0.115. The molecule has 0 radical (unpaired) electrons. The average Bonchev–Trinajstić information content (AvgIpc) is 3.42. The Labute approximate surface area is 232 Å². The Morgan fingerprint density at radius 3 is 2.54 bits per heavy atom. The van der Waals surface area contributed by atoms with Crippen LogP contribution in [0.2, 0.25) is 10.0 Å². The van der Waals surface area contributed by atoms with Gasteiger partial charge in [0.15, 0.2) is 18.1 Å². The van der Waals surface area contributed by atoms with Crippen molar-refractivity contribution in [3.05, 3.63) is 86.7 Å². The first-order chi connectivity index (χ1) is 17.8. The third kappa shape index (κ3) is 6.19. The molecule has 2 aliphatic heterocycles. The van der Waals surface area contributed by atoms with Crippen molar-refractivity contribution in [2.75, 3.05) is 18.7 Å².